The van der Waals surface area contributed by atoms with Crippen LogP contribution in [0.1, 0.15) is 52.7 Å². The first-order chi connectivity index (χ1) is 41.4. The lowest BCUT2D eigenvalue weighted by Crippen LogP contribution is -2.61. The molecule has 11 aromatic carbocycles. The molecule has 0 bridgehead atoms. The van der Waals surface area contributed by atoms with Gasteiger partial charge < -0.3 is 28.0 Å². The number of fused-ring (bicyclic) bond motifs is 8. The van der Waals surface area contributed by atoms with Crippen molar-refractivity contribution in [1.82, 2.24) is 0 Å². The summed E-state index contributed by atoms with van der Waals surface area (Å²) in [6, 6.07) is 92.8. The van der Waals surface area contributed by atoms with Crippen molar-refractivity contribution >= 4 is 118 Å². The third-order valence-electron chi connectivity index (χ3n) is 17.6. The summed E-state index contributed by atoms with van der Waals surface area (Å²) in [7, 11) is 0. The zero-order valence-electron chi connectivity index (χ0n) is 48.4. The molecule has 0 aliphatic carbocycles. The smallest absolute Gasteiger partial charge is 0.252 e. The van der Waals surface area contributed by atoms with E-state index in [0.29, 0.717) is 0 Å². The summed E-state index contributed by atoms with van der Waals surface area (Å²) in [5.74, 6) is 2.50. The van der Waals surface area contributed by atoms with Gasteiger partial charge in [-0.1, -0.05) is 163 Å². The van der Waals surface area contributed by atoms with Gasteiger partial charge in [0.25, 0.3) is 6.71 Å². The van der Waals surface area contributed by atoms with E-state index in [4.69, 9.17) is 13.3 Å². The number of hydrogen-bond acceptors (Lipinski definition) is 6. The van der Waals surface area contributed by atoms with E-state index < -0.39 is 0 Å². The van der Waals surface area contributed by atoms with Crippen LogP contribution in [0.5, 0.6) is 0 Å². The molecule has 0 fully saturated rings. The molecule has 2 aliphatic rings. The summed E-state index contributed by atoms with van der Waals surface area (Å²) in [6.07, 6.45) is 0. The van der Waals surface area contributed by atoms with E-state index in [1.165, 1.54) is 27.5 Å². The minimum atomic E-state index is -0.180. The van der Waals surface area contributed by atoms with Gasteiger partial charge in [-0.15, -0.1) is 0 Å². The zero-order valence-corrected chi connectivity index (χ0v) is 48.4. The highest BCUT2D eigenvalue weighted by Crippen LogP contribution is 2.50. The van der Waals surface area contributed by atoms with Gasteiger partial charge in [-0.05, 0) is 177 Å². The van der Waals surface area contributed by atoms with E-state index in [1.54, 1.807) is 0 Å². The third-order valence-corrected chi connectivity index (χ3v) is 17.6. The number of anilines is 9. The van der Waals surface area contributed by atoms with Gasteiger partial charge in [0.2, 0.25) is 0 Å². The average Bonchev–Trinajstić information content (AvgIpc) is 1.23. The van der Waals surface area contributed by atoms with E-state index in [-0.39, 0.29) is 17.5 Å². The van der Waals surface area contributed by atoms with Gasteiger partial charge in [0.15, 0.2) is 0 Å². The maximum absolute atomic E-state index is 6.71. The number of para-hydroxylation sites is 3. The zero-order chi connectivity index (χ0) is 57.3. The molecule has 0 unspecified atom stereocenters. The predicted molar refractivity (Wildman–Crippen MR) is 356 cm³/mol. The standard InChI is InChI=1S/C78H60BN3O3/c1-77(2,3)56-31-38-60(39-32-56)82-67-41-33-57(78(4,5)6)46-64(67)79-63-42-55(75-45-54-19-10-14-25-72(54)85-75)30-40-66(63)81(59-36-28-51(29-37-59)74-44-53-18-9-13-24-71(53)84-74)68-47-61(48-69(82)76(68)79)80(65-22-15-20-49-16-7-11-21-62(49)65)58-34-26-50(27-35-58)73-43-52-17-8-12-23-70(52)83-73/h7-48H,1-6H3. The number of furan rings is 3. The van der Waals surface area contributed by atoms with Crippen molar-refractivity contribution in [1.29, 1.82) is 0 Å². The summed E-state index contributed by atoms with van der Waals surface area (Å²) < 4.78 is 19.7. The molecule has 0 spiro atoms. The van der Waals surface area contributed by atoms with Crippen molar-refractivity contribution in [3.05, 3.63) is 266 Å². The van der Waals surface area contributed by atoms with Gasteiger partial charge in [0.05, 0.1) is 11.4 Å². The second kappa shape index (κ2) is 19.2. The molecule has 0 N–H and O–H groups in total. The molecule has 408 valence electrons. The highest BCUT2D eigenvalue weighted by atomic mass is 16.3. The fourth-order valence-electron chi connectivity index (χ4n) is 13.2. The second-order valence-corrected chi connectivity index (χ2v) is 25.0. The van der Waals surface area contributed by atoms with Crippen LogP contribution >= 0.6 is 0 Å². The van der Waals surface area contributed by atoms with Crippen molar-refractivity contribution < 1.29 is 13.3 Å². The Labute approximate surface area is 495 Å². The lowest BCUT2D eigenvalue weighted by Gasteiger charge is -2.45. The number of hydrogen-bond donors (Lipinski definition) is 0. The monoisotopic (exact) mass is 1100 g/mol. The summed E-state index contributed by atoms with van der Waals surface area (Å²) in [6.45, 7) is 13.7. The fraction of sp³-hybridized carbons (Fsp3) is 0.103. The summed E-state index contributed by atoms with van der Waals surface area (Å²) >= 11 is 0. The van der Waals surface area contributed by atoms with Crippen molar-refractivity contribution in [2.75, 3.05) is 14.7 Å². The Balaban J connectivity index is 0.986. The van der Waals surface area contributed by atoms with Crippen LogP contribution in [0.3, 0.4) is 0 Å². The van der Waals surface area contributed by atoms with Gasteiger partial charge in [0, 0.05) is 78.0 Å². The van der Waals surface area contributed by atoms with Crippen LogP contribution in [0.2, 0.25) is 0 Å². The number of nitrogens with zero attached hydrogens (tertiary/aromatic N) is 3. The Morgan fingerprint density at radius 1 is 0.341 bits per heavy atom. The van der Waals surface area contributed by atoms with E-state index in [2.05, 4.69) is 281 Å². The van der Waals surface area contributed by atoms with E-state index in [1.807, 2.05) is 30.3 Å². The minimum absolute atomic E-state index is 0.0369. The summed E-state index contributed by atoms with van der Waals surface area (Å²) in [4.78, 5) is 7.50. The Kier molecular flexibility index (Phi) is 11.4. The topological polar surface area (TPSA) is 49.1 Å². The van der Waals surface area contributed by atoms with Crippen LogP contribution in [0.4, 0.5) is 51.2 Å². The lowest BCUT2D eigenvalue weighted by atomic mass is 9.33. The normalized spacial score (nSPS) is 13.0. The van der Waals surface area contributed by atoms with Gasteiger partial charge >= 0.3 is 0 Å². The molecule has 0 saturated carbocycles. The van der Waals surface area contributed by atoms with Crippen molar-refractivity contribution in [2.24, 2.45) is 0 Å². The Hall–Kier alpha value is -10.2. The summed E-state index contributed by atoms with van der Waals surface area (Å²) in [5.41, 5.74) is 21.4. The third kappa shape index (κ3) is 8.47. The molecule has 5 heterocycles. The van der Waals surface area contributed by atoms with Crippen LogP contribution in [-0.2, 0) is 10.8 Å². The van der Waals surface area contributed by atoms with Crippen LogP contribution in [0.15, 0.2) is 268 Å². The average molecular weight is 1100 g/mol. The van der Waals surface area contributed by atoms with Crippen molar-refractivity contribution in [3.8, 4) is 34.0 Å². The van der Waals surface area contributed by atoms with Crippen LogP contribution in [0, 0.1) is 0 Å². The molecular weight excluding hydrogens is 1040 g/mol. The van der Waals surface area contributed by atoms with Gasteiger partial charge in [-0.25, -0.2) is 0 Å². The SMILES string of the molecule is CC(C)(C)c1ccc(N2c3ccc(C(C)(C)C)cc3B3c4cc(-c5cc6ccccc6o5)ccc4N(c4ccc(-c5cc6ccccc6o5)cc4)c4cc(N(c5ccc(-c6cc7ccccc7o6)cc5)c5cccc6ccccc56)cc2c43)cc1. The molecule has 0 atom stereocenters. The van der Waals surface area contributed by atoms with Gasteiger partial charge in [-0.3, -0.25) is 0 Å². The Bertz CT molecular complexity index is 4830. The van der Waals surface area contributed by atoms with Crippen LogP contribution in [0.25, 0.3) is 77.7 Å². The maximum Gasteiger partial charge on any atom is 0.252 e. The molecule has 0 amide bonds. The highest BCUT2D eigenvalue weighted by molar-refractivity contribution is 7.00. The fourth-order valence-corrected chi connectivity index (χ4v) is 13.2. The second-order valence-electron chi connectivity index (χ2n) is 25.0. The van der Waals surface area contributed by atoms with E-state index in [9.17, 15) is 0 Å². The molecule has 0 radical (unpaired) electrons. The van der Waals surface area contributed by atoms with Crippen LogP contribution in [-0.4, -0.2) is 6.71 Å². The molecule has 3 aromatic heterocycles. The Morgan fingerprint density at radius 2 is 0.776 bits per heavy atom. The molecule has 6 nitrogen and oxygen atoms in total. The molecule has 14 aromatic rings. The molecular formula is C78H60BN3O3. The first-order valence-electron chi connectivity index (χ1n) is 29.5. The highest BCUT2D eigenvalue weighted by Gasteiger charge is 2.45. The van der Waals surface area contributed by atoms with E-state index >= 15 is 0 Å². The molecule has 85 heavy (non-hydrogen) atoms. The minimum Gasteiger partial charge on any atom is -0.456 e. The van der Waals surface area contributed by atoms with Crippen molar-refractivity contribution in [2.45, 2.75) is 52.4 Å². The van der Waals surface area contributed by atoms with Crippen LogP contribution < -0.4 is 31.1 Å². The lowest BCUT2D eigenvalue weighted by molar-refractivity contribution is 0.590. The predicted octanol–water partition coefficient (Wildman–Crippen LogP) is 20.2. The number of rotatable bonds is 8. The van der Waals surface area contributed by atoms with Gasteiger partial charge in [-0.2, -0.15) is 0 Å². The van der Waals surface area contributed by atoms with E-state index in [0.717, 1.165) is 129 Å². The quantitative estimate of drug-likeness (QED) is 0.141. The molecule has 2 aliphatic heterocycles. The Morgan fingerprint density at radius 3 is 1.32 bits per heavy atom. The molecule has 16 rings (SSSR count). The van der Waals surface area contributed by atoms with Crippen molar-refractivity contribution in [3.63, 3.8) is 0 Å². The first kappa shape index (κ1) is 50.5. The summed E-state index contributed by atoms with van der Waals surface area (Å²) in [5, 5.41) is 5.54. The maximum atomic E-state index is 6.71. The number of benzene rings is 11. The first-order valence-corrected chi connectivity index (χ1v) is 29.5. The van der Waals surface area contributed by atoms with Gasteiger partial charge in [0.1, 0.15) is 34.0 Å². The molecule has 0 saturated heterocycles. The largest absolute Gasteiger partial charge is 0.456 e. The molecule has 7 heteroatoms.